The van der Waals surface area contributed by atoms with Crippen LogP contribution in [0.2, 0.25) is 0 Å². The Morgan fingerprint density at radius 3 is 2.40 bits per heavy atom. The van der Waals surface area contributed by atoms with Crippen molar-refractivity contribution in [3.05, 3.63) is 88.5 Å². The fraction of sp³-hybridized carbons (Fsp3) is 0.350. The van der Waals surface area contributed by atoms with Crippen LogP contribution in [0.5, 0.6) is 5.75 Å². The van der Waals surface area contributed by atoms with Gasteiger partial charge in [0.1, 0.15) is 23.4 Å². The van der Waals surface area contributed by atoms with Gasteiger partial charge < -0.3 is 34.1 Å². The molecule has 2 aliphatic heterocycles. The molecular weight excluding hydrogens is 789 g/mol. The van der Waals surface area contributed by atoms with E-state index in [1.807, 2.05) is 4.57 Å². The number of imidazole rings is 1. The third-order valence-electron chi connectivity index (χ3n) is 9.54. The molecule has 2 aliphatic rings. The second-order valence-corrected chi connectivity index (χ2v) is 13.6. The van der Waals surface area contributed by atoms with E-state index in [0.29, 0.717) is 22.6 Å². The molecule has 3 heterocycles. The first-order chi connectivity index (χ1) is 28.9. The third kappa shape index (κ3) is 10.3. The number of aromatic nitrogens is 2. The SMILES string of the molecule is Cc1nc2cc(NC(=O)CCOCCOCCOCCNC(=O)COc3cccc4c3C(=O)N(C3CCC(=O)NC3=O)C4=O)ccc2n1Cc1ccc(C(=O)NO)cc1F. The molecule has 0 saturated carbocycles. The van der Waals surface area contributed by atoms with Crippen molar-refractivity contribution in [2.45, 2.75) is 38.8 Å². The molecule has 3 aromatic carbocycles. The van der Waals surface area contributed by atoms with E-state index < -0.39 is 53.9 Å². The number of aryl methyl sites for hydroxylation is 1. The van der Waals surface area contributed by atoms with E-state index >= 15 is 0 Å². The molecule has 0 aliphatic carbocycles. The highest BCUT2D eigenvalue weighted by atomic mass is 19.1. The van der Waals surface area contributed by atoms with E-state index in [1.54, 1.807) is 25.1 Å². The van der Waals surface area contributed by atoms with Gasteiger partial charge in [0, 0.05) is 29.8 Å². The Balaban J connectivity index is 0.804. The van der Waals surface area contributed by atoms with Crippen LogP contribution in [-0.4, -0.2) is 120 Å². The highest BCUT2D eigenvalue weighted by molar-refractivity contribution is 6.24. The molecule has 6 rings (SSSR count). The minimum atomic E-state index is -1.12. The van der Waals surface area contributed by atoms with Crippen molar-refractivity contribution in [1.82, 2.24) is 30.6 Å². The molecule has 0 radical (unpaired) electrons. The van der Waals surface area contributed by atoms with Crippen LogP contribution in [0.4, 0.5) is 10.1 Å². The summed E-state index contributed by atoms with van der Waals surface area (Å²) in [6.07, 6.45) is 0.110. The minimum Gasteiger partial charge on any atom is -0.483 e. The predicted molar refractivity (Wildman–Crippen MR) is 207 cm³/mol. The zero-order chi connectivity index (χ0) is 42.8. The second kappa shape index (κ2) is 19.9. The smallest absolute Gasteiger partial charge is 0.274 e. The molecule has 1 saturated heterocycles. The number of nitrogens with zero attached hydrogens (tertiary/aromatic N) is 3. The fourth-order valence-electron chi connectivity index (χ4n) is 6.57. The molecule has 19 nitrogen and oxygen atoms in total. The van der Waals surface area contributed by atoms with Crippen LogP contribution < -0.4 is 26.2 Å². The van der Waals surface area contributed by atoms with Crippen molar-refractivity contribution in [2.75, 3.05) is 58.1 Å². The molecule has 60 heavy (non-hydrogen) atoms. The average molecular weight is 832 g/mol. The van der Waals surface area contributed by atoms with Crippen molar-refractivity contribution < 1.29 is 62.1 Å². The van der Waals surface area contributed by atoms with Gasteiger partial charge in [-0.1, -0.05) is 12.1 Å². The van der Waals surface area contributed by atoms with Crippen LogP contribution in [0.1, 0.15) is 61.7 Å². The maximum Gasteiger partial charge on any atom is 0.274 e. The molecular formula is C40H42FN7O12. The van der Waals surface area contributed by atoms with E-state index in [-0.39, 0.29) is 100 Å². The summed E-state index contributed by atoms with van der Waals surface area (Å²) in [4.78, 5) is 91.8. The molecule has 5 N–H and O–H groups in total. The van der Waals surface area contributed by atoms with Crippen LogP contribution in [0.15, 0.2) is 54.6 Å². The molecule has 1 unspecified atom stereocenters. The van der Waals surface area contributed by atoms with Crippen LogP contribution in [0.3, 0.4) is 0 Å². The van der Waals surface area contributed by atoms with E-state index in [1.165, 1.54) is 35.8 Å². The zero-order valence-corrected chi connectivity index (χ0v) is 32.4. The summed E-state index contributed by atoms with van der Waals surface area (Å²) in [7, 11) is 0. The van der Waals surface area contributed by atoms with Crippen molar-refractivity contribution in [2.24, 2.45) is 0 Å². The number of fused-ring (bicyclic) bond motifs is 2. The number of anilines is 1. The Morgan fingerprint density at radius 1 is 0.917 bits per heavy atom. The van der Waals surface area contributed by atoms with Crippen molar-refractivity contribution in [3.8, 4) is 5.75 Å². The zero-order valence-electron chi connectivity index (χ0n) is 32.4. The number of benzene rings is 3. The van der Waals surface area contributed by atoms with Gasteiger partial charge in [0.25, 0.3) is 23.6 Å². The Bertz CT molecular complexity index is 2320. The lowest BCUT2D eigenvalue weighted by Crippen LogP contribution is -2.54. The molecule has 1 fully saturated rings. The highest BCUT2D eigenvalue weighted by Gasteiger charge is 2.46. The third-order valence-corrected chi connectivity index (χ3v) is 9.54. The van der Waals surface area contributed by atoms with Crippen LogP contribution >= 0.6 is 0 Å². The monoisotopic (exact) mass is 831 g/mol. The van der Waals surface area contributed by atoms with Crippen molar-refractivity contribution >= 4 is 58.1 Å². The lowest BCUT2D eigenvalue weighted by atomic mass is 10.0. The highest BCUT2D eigenvalue weighted by Crippen LogP contribution is 2.33. The van der Waals surface area contributed by atoms with Gasteiger partial charge in [-0.25, -0.2) is 14.9 Å². The fourth-order valence-corrected chi connectivity index (χ4v) is 6.57. The van der Waals surface area contributed by atoms with Crippen LogP contribution in [-0.2, 0) is 39.9 Å². The lowest BCUT2D eigenvalue weighted by molar-refractivity contribution is -0.136. The topological polar surface area (TPSA) is 246 Å². The number of carbonyl (C=O) groups is 7. The Labute approximate surface area is 341 Å². The normalized spacial score (nSPS) is 14.9. The summed E-state index contributed by atoms with van der Waals surface area (Å²) < 4.78 is 38.5. The van der Waals surface area contributed by atoms with Gasteiger partial charge in [0.05, 0.1) is 74.8 Å². The average Bonchev–Trinajstić information content (AvgIpc) is 3.67. The number of rotatable bonds is 20. The lowest BCUT2D eigenvalue weighted by Gasteiger charge is -2.27. The maximum absolute atomic E-state index is 14.7. The van der Waals surface area contributed by atoms with Gasteiger partial charge in [-0.15, -0.1) is 0 Å². The molecule has 0 spiro atoms. The summed E-state index contributed by atoms with van der Waals surface area (Å²) in [6.45, 7) is 3.06. The largest absolute Gasteiger partial charge is 0.483 e. The number of ether oxygens (including phenoxy) is 4. The number of nitrogens with one attached hydrogen (secondary N) is 4. The predicted octanol–water partition coefficient (Wildman–Crippen LogP) is 1.63. The first-order valence-electron chi connectivity index (χ1n) is 18.9. The number of piperidine rings is 1. The van der Waals surface area contributed by atoms with Gasteiger partial charge in [0.15, 0.2) is 6.61 Å². The molecule has 316 valence electrons. The number of halogens is 1. The number of hydrogen-bond donors (Lipinski definition) is 5. The van der Waals surface area contributed by atoms with E-state index in [4.69, 9.17) is 24.2 Å². The van der Waals surface area contributed by atoms with Gasteiger partial charge in [-0.3, -0.25) is 49.0 Å². The Kier molecular flexibility index (Phi) is 14.3. The summed E-state index contributed by atoms with van der Waals surface area (Å²) in [5.74, 6) is -4.16. The summed E-state index contributed by atoms with van der Waals surface area (Å²) >= 11 is 0. The minimum absolute atomic E-state index is 0.00720. The Hall–Kier alpha value is -6.61. The molecule has 1 atom stereocenters. The van der Waals surface area contributed by atoms with Gasteiger partial charge in [0.2, 0.25) is 17.7 Å². The molecule has 4 aromatic rings. The van der Waals surface area contributed by atoms with E-state index in [9.17, 15) is 38.0 Å². The quantitative estimate of drug-likeness (QED) is 0.0369. The number of carbonyl (C=O) groups excluding carboxylic acids is 7. The van der Waals surface area contributed by atoms with Gasteiger partial charge in [-0.2, -0.15) is 0 Å². The first-order valence-corrected chi connectivity index (χ1v) is 18.9. The first kappa shape index (κ1) is 43.0. The van der Waals surface area contributed by atoms with Crippen LogP contribution in [0.25, 0.3) is 11.0 Å². The van der Waals surface area contributed by atoms with Crippen LogP contribution in [0, 0.1) is 12.7 Å². The van der Waals surface area contributed by atoms with E-state index in [2.05, 4.69) is 20.9 Å². The number of hydrogen-bond acceptors (Lipinski definition) is 13. The van der Waals surface area contributed by atoms with Crippen molar-refractivity contribution in [3.63, 3.8) is 0 Å². The number of amides is 7. The number of imide groups is 2. The molecule has 7 amide bonds. The molecule has 1 aromatic heterocycles. The summed E-state index contributed by atoms with van der Waals surface area (Å²) in [5.41, 5.74) is 3.63. The number of hydroxylamine groups is 1. The molecule has 0 bridgehead atoms. The maximum atomic E-state index is 14.7. The summed E-state index contributed by atoms with van der Waals surface area (Å²) in [6, 6.07) is 12.4. The van der Waals surface area contributed by atoms with Gasteiger partial charge >= 0.3 is 0 Å². The van der Waals surface area contributed by atoms with Crippen molar-refractivity contribution in [1.29, 1.82) is 0 Å². The van der Waals surface area contributed by atoms with Gasteiger partial charge in [-0.05, 0) is 55.8 Å². The van der Waals surface area contributed by atoms with E-state index in [0.717, 1.165) is 16.5 Å². The second-order valence-electron chi connectivity index (χ2n) is 13.6. The Morgan fingerprint density at radius 2 is 1.67 bits per heavy atom. The summed E-state index contributed by atoms with van der Waals surface area (Å²) in [5, 5.41) is 16.4. The molecule has 20 heteroatoms. The standard InChI is InChI=1S/C40H42FN7O12/c1-23-43-29-20-26(7-8-30(29)47(23)21-25-6-5-24(19-28(25)41)37(52)46-56)44-34(50)11-13-57-15-17-59-18-16-58-14-12-42-35(51)22-60-32-4-2-3-27-36(32)40(55)48(39(27)54)31-9-10-33(49)45-38(31)53/h2-8,19-20,31,56H,9-18,21-22H2,1H3,(H,42,51)(H,44,50)(H,46,52)(H,45,49,53).